The summed E-state index contributed by atoms with van der Waals surface area (Å²) in [6, 6.07) is 16.1. The van der Waals surface area contributed by atoms with Crippen LogP contribution >= 0.6 is 0 Å². The van der Waals surface area contributed by atoms with Gasteiger partial charge in [-0.05, 0) is 47.4 Å². The van der Waals surface area contributed by atoms with Gasteiger partial charge in [-0.3, -0.25) is 15.0 Å². The topological polar surface area (TPSA) is 60.8 Å². The van der Waals surface area contributed by atoms with Gasteiger partial charge in [0.1, 0.15) is 0 Å². The van der Waals surface area contributed by atoms with Crippen LogP contribution in [-0.2, 0) is 6.42 Å². The Kier molecular flexibility index (Phi) is 5.33. The zero-order valence-corrected chi connectivity index (χ0v) is 15.6. The molecule has 138 valence electrons. The van der Waals surface area contributed by atoms with Gasteiger partial charge in [-0.1, -0.05) is 18.2 Å². The quantitative estimate of drug-likeness (QED) is 0.507. The SMILES string of the molecule is COc1ccc(-c2ncccc2CC(c2cccnc2)c2cccnc2)cn1. The molecular weight excluding hydrogens is 348 g/mol. The van der Waals surface area contributed by atoms with Crippen molar-refractivity contribution in [2.24, 2.45) is 0 Å². The number of hydrogen-bond donors (Lipinski definition) is 0. The lowest BCUT2D eigenvalue weighted by Crippen LogP contribution is -2.07. The highest BCUT2D eigenvalue weighted by molar-refractivity contribution is 5.62. The molecule has 0 spiro atoms. The normalized spacial score (nSPS) is 10.8. The van der Waals surface area contributed by atoms with E-state index >= 15 is 0 Å². The van der Waals surface area contributed by atoms with Gasteiger partial charge in [-0.2, -0.15) is 0 Å². The lowest BCUT2D eigenvalue weighted by atomic mass is 9.86. The number of ether oxygens (including phenoxy) is 1. The third kappa shape index (κ3) is 3.88. The summed E-state index contributed by atoms with van der Waals surface area (Å²) in [6.07, 6.45) is 11.8. The van der Waals surface area contributed by atoms with Crippen LogP contribution in [0.4, 0.5) is 0 Å². The summed E-state index contributed by atoms with van der Waals surface area (Å²) in [7, 11) is 1.61. The van der Waals surface area contributed by atoms with Crippen LogP contribution in [0.15, 0.2) is 85.7 Å². The Morgan fingerprint density at radius 1 is 0.786 bits per heavy atom. The molecule has 0 bridgehead atoms. The molecule has 0 unspecified atom stereocenters. The van der Waals surface area contributed by atoms with E-state index in [9.17, 15) is 0 Å². The molecule has 0 amide bonds. The maximum absolute atomic E-state index is 5.17. The number of aromatic nitrogens is 4. The van der Waals surface area contributed by atoms with E-state index in [1.54, 1.807) is 25.7 Å². The van der Waals surface area contributed by atoms with Crippen molar-refractivity contribution in [1.29, 1.82) is 0 Å². The van der Waals surface area contributed by atoms with Gasteiger partial charge < -0.3 is 4.74 Å². The van der Waals surface area contributed by atoms with Gasteiger partial charge in [0, 0.05) is 54.7 Å². The first-order chi connectivity index (χ1) is 13.8. The molecule has 4 heterocycles. The molecule has 0 aliphatic rings. The molecule has 4 aromatic heterocycles. The lowest BCUT2D eigenvalue weighted by Gasteiger charge is -2.19. The standard InChI is InChI=1S/C23H20N4O/c1-28-22-9-8-20(16-27-22)23-17(5-4-12-26-23)13-21(18-6-2-10-24-14-18)19-7-3-11-25-15-19/h2-12,14-16,21H,13H2,1H3. The fraction of sp³-hybridized carbons (Fsp3) is 0.130. The summed E-state index contributed by atoms with van der Waals surface area (Å²) in [6.45, 7) is 0. The maximum atomic E-state index is 5.17. The Labute approximate surface area is 164 Å². The Morgan fingerprint density at radius 2 is 1.50 bits per heavy atom. The number of nitrogens with zero attached hydrogens (tertiary/aromatic N) is 4. The first-order valence-corrected chi connectivity index (χ1v) is 9.09. The molecule has 0 aliphatic carbocycles. The first-order valence-electron chi connectivity index (χ1n) is 9.09. The van der Waals surface area contributed by atoms with Crippen LogP contribution in [-0.4, -0.2) is 27.0 Å². The molecule has 0 aliphatic heterocycles. The molecule has 5 heteroatoms. The van der Waals surface area contributed by atoms with Crippen molar-refractivity contribution in [3.8, 4) is 17.1 Å². The molecule has 0 saturated carbocycles. The molecule has 0 N–H and O–H groups in total. The Hall–Kier alpha value is -3.60. The van der Waals surface area contributed by atoms with Gasteiger partial charge in [-0.25, -0.2) is 4.98 Å². The van der Waals surface area contributed by atoms with Crippen molar-refractivity contribution in [1.82, 2.24) is 19.9 Å². The van der Waals surface area contributed by atoms with Crippen LogP contribution in [0.5, 0.6) is 5.88 Å². The molecule has 0 fully saturated rings. The van der Waals surface area contributed by atoms with E-state index in [2.05, 4.69) is 38.1 Å². The highest BCUT2D eigenvalue weighted by Crippen LogP contribution is 2.31. The average molecular weight is 368 g/mol. The van der Waals surface area contributed by atoms with Gasteiger partial charge in [0.15, 0.2) is 0 Å². The molecular formula is C23H20N4O. The van der Waals surface area contributed by atoms with Crippen LogP contribution in [0.2, 0.25) is 0 Å². The number of methoxy groups -OCH3 is 1. The van der Waals surface area contributed by atoms with E-state index in [0.29, 0.717) is 5.88 Å². The molecule has 4 aromatic rings. The largest absolute Gasteiger partial charge is 0.481 e. The molecule has 0 aromatic carbocycles. The Bertz CT molecular complexity index is 982. The van der Waals surface area contributed by atoms with Gasteiger partial charge in [-0.15, -0.1) is 0 Å². The lowest BCUT2D eigenvalue weighted by molar-refractivity contribution is 0.398. The fourth-order valence-corrected chi connectivity index (χ4v) is 3.32. The van der Waals surface area contributed by atoms with Crippen LogP contribution < -0.4 is 4.74 Å². The molecule has 0 radical (unpaired) electrons. The number of hydrogen-bond acceptors (Lipinski definition) is 5. The van der Waals surface area contributed by atoms with E-state index in [1.165, 1.54) is 0 Å². The van der Waals surface area contributed by atoms with E-state index in [-0.39, 0.29) is 5.92 Å². The van der Waals surface area contributed by atoms with Crippen molar-refractivity contribution in [3.63, 3.8) is 0 Å². The van der Waals surface area contributed by atoms with Crippen LogP contribution in [0.25, 0.3) is 11.3 Å². The van der Waals surface area contributed by atoms with E-state index in [0.717, 1.165) is 34.4 Å². The highest BCUT2D eigenvalue weighted by Gasteiger charge is 2.18. The number of rotatable bonds is 6. The molecule has 4 rings (SSSR count). The van der Waals surface area contributed by atoms with Gasteiger partial charge in [0.2, 0.25) is 5.88 Å². The number of pyridine rings is 4. The summed E-state index contributed by atoms with van der Waals surface area (Å²) >= 11 is 0. The third-order valence-corrected chi connectivity index (χ3v) is 4.71. The average Bonchev–Trinajstić information content (AvgIpc) is 2.79. The van der Waals surface area contributed by atoms with Crippen molar-refractivity contribution in [2.75, 3.05) is 7.11 Å². The van der Waals surface area contributed by atoms with Crippen molar-refractivity contribution >= 4 is 0 Å². The van der Waals surface area contributed by atoms with Gasteiger partial charge in [0.05, 0.1) is 12.8 Å². The minimum absolute atomic E-state index is 0.136. The smallest absolute Gasteiger partial charge is 0.212 e. The van der Waals surface area contributed by atoms with E-state index < -0.39 is 0 Å². The highest BCUT2D eigenvalue weighted by atomic mass is 16.5. The molecule has 28 heavy (non-hydrogen) atoms. The first kappa shape index (κ1) is 17.8. The molecule has 0 atom stereocenters. The second-order valence-corrected chi connectivity index (χ2v) is 6.43. The van der Waals surface area contributed by atoms with Crippen LogP contribution in [0, 0.1) is 0 Å². The summed E-state index contributed by atoms with van der Waals surface area (Å²) < 4.78 is 5.17. The Balaban J connectivity index is 1.73. The monoisotopic (exact) mass is 368 g/mol. The fourth-order valence-electron chi connectivity index (χ4n) is 3.32. The minimum Gasteiger partial charge on any atom is -0.481 e. The van der Waals surface area contributed by atoms with Crippen molar-refractivity contribution in [3.05, 3.63) is 102 Å². The summed E-state index contributed by atoms with van der Waals surface area (Å²) in [5.41, 5.74) is 5.34. The maximum Gasteiger partial charge on any atom is 0.212 e. The second-order valence-electron chi connectivity index (χ2n) is 6.43. The zero-order chi connectivity index (χ0) is 19.2. The predicted molar refractivity (Wildman–Crippen MR) is 108 cm³/mol. The predicted octanol–water partition coefficient (Wildman–Crippen LogP) is 4.32. The van der Waals surface area contributed by atoms with Crippen molar-refractivity contribution < 1.29 is 4.74 Å². The van der Waals surface area contributed by atoms with Gasteiger partial charge in [0.25, 0.3) is 0 Å². The molecule has 0 saturated heterocycles. The zero-order valence-electron chi connectivity index (χ0n) is 15.6. The van der Waals surface area contributed by atoms with E-state index in [1.807, 2.05) is 48.9 Å². The second kappa shape index (κ2) is 8.39. The van der Waals surface area contributed by atoms with E-state index in [4.69, 9.17) is 4.74 Å². The van der Waals surface area contributed by atoms with Crippen LogP contribution in [0.1, 0.15) is 22.6 Å². The third-order valence-electron chi connectivity index (χ3n) is 4.71. The minimum atomic E-state index is 0.136. The summed E-state index contributed by atoms with van der Waals surface area (Å²) in [4.78, 5) is 17.6. The summed E-state index contributed by atoms with van der Waals surface area (Å²) in [5, 5.41) is 0. The summed E-state index contributed by atoms with van der Waals surface area (Å²) in [5.74, 6) is 0.724. The van der Waals surface area contributed by atoms with Gasteiger partial charge >= 0.3 is 0 Å². The Morgan fingerprint density at radius 3 is 2.07 bits per heavy atom. The van der Waals surface area contributed by atoms with Crippen molar-refractivity contribution in [2.45, 2.75) is 12.3 Å². The van der Waals surface area contributed by atoms with Crippen LogP contribution in [0.3, 0.4) is 0 Å². The molecule has 5 nitrogen and oxygen atoms in total.